The highest BCUT2D eigenvalue weighted by Gasteiger charge is 2.04. The van der Waals surface area contributed by atoms with E-state index in [0.29, 0.717) is 6.54 Å². The second-order valence-electron chi connectivity index (χ2n) is 2.59. The van der Waals surface area contributed by atoms with E-state index in [-0.39, 0.29) is 0 Å². The van der Waals surface area contributed by atoms with E-state index in [9.17, 15) is 0 Å². The van der Waals surface area contributed by atoms with E-state index in [4.69, 9.17) is 5.73 Å². The highest BCUT2D eigenvalue weighted by molar-refractivity contribution is 7.10. The molecule has 0 aliphatic carbocycles. The Kier molecular flexibility index (Phi) is 2.33. The van der Waals surface area contributed by atoms with Gasteiger partial charge in [-0.1, -0.05) is 0 Å². The van der Waals surface area contributed by atoms with Gasteiger partial charge in [0.05, 0.1) is 0 Å². The molecule has 0 aliphatic heterocycles. The quantitative estimate of drug-likeness (QED) is 0.785. The first kappa shape index (κ1) is 8.34. The minimum atomic E-state index is 0.571. The van der Waals surface area contributed by atoms with E-state index < -0.39 is 0 Å². The molecule has 2 aromatic heterocycles. The lowest BCUT2D eigenvalue weighted by Gasteiger charge is -1.99. The van der Waals surface area contributed by atoms with Crippen LogP contribution in [0.4, 0.5) is 0 Å². The van der Waals surface area contributed by atoms with Crippen LogP contribution in [0.1, 0.15) is 4.88 Å². The Hall–Kier alpha value is -1.26. The monoisotopic (exact) mass is 191 g/mol. The molecule has 0 spiro atoms. The summed E-state index contributed by atoms with van der Waals surface area (Å²) in [6, 6.07) is 2.05. The molecule has 66 valence electrons. The lowest BCUT2D eigenvalue weighted by atomic mass is 10.1. The SMILES string of the molecule is NCc1sccc1-c1cncnc1. The summed E-state index contributed by atoms with van der Waals surface area (Å²) in [5.74, 6) is 0. The standard InChI is InChI=1S/C9H9N3S/c10-3-9-8(1-2-13-9)7-4-11-6-12-5-7/h1-2,4-6H,3,10H2. The van der Waals surface area contributed by atoms with Crippen LogP contribution in [0.2, 0.25) is 0 Å². The molecule has 0 radical (unpaired) electrons. The molecular weight excluding hydrogens is 182 g/mol. The van der Waals surface area contributed by atoms with Gasteiger partial charge in [-0.05, 0) is 17.0 Å². The zero-order chi connectivity index (χ0) is 9.10. The maximum absolute atomic E-state index is 5.60. The third kappa shape index (κ3) is 1.59. The van der Waals surface area contributed by atoms with Crippen LogP contribution >= 0.6 is 11.3 Å². The van der Waals surface area contributed by atoms with Crippen LogP contribution in [-0.4, -0.2) is 9.97 Å². The molecule has 4 heteroatoms. The third-order valence-electron chi connectivity index (χ3n) is 1.80. The summed E-state index contributed by atoms with van der Waals surface area (Å²) in [6.07, 6.45) is 5.13. The van der Waals surface area contributed by atoms with Gasteiger partial charge >= 0.3 is 0 Å². The van der Waals surface area contributed by atoms with Crippen molar-refractivity contribution >= 4 is 11.3 Å². The van der Waals surface area contributed by atoms with E-state index in [0.717, 1.165) is 11.1 Å². The molecular formula is C9H9N3S. The Bertz CT molecular complexity index is 383. The molecule has 0 aromatic carbocycles. The second kappa shape index (κ2) is 3.64. The molecule has 0 fully saturated rings. The van der Waals surface area contributed by atoms with Gasteiger partial charge in [-0.15, -0.1) is 11.3 Å². The zero-order valence-electron chi connectivity index (χ0n) is 6.97. The van der Waals surface area contributed by atoms with Crippen molar-refractivity contribution < 1.29 is 0 Å². The molecule has 0 aliphatic rings. The van der Waals surface area contributed by atoms with E-state index in [1.807, 2.05) is 11.4 Å². The van der Waals surface area contributed by atoms with Gasteiger partial charge in [0.15, 0.2) is 0 Å². The number of rotatable bonds is 2. The summed E-state index contributed by atoms with van der Waals surface area (Å²) in [5, 5.41) is 2.03. The number of nitrogens with zero attached hydrogens (tertiary/aromatic N) is 2. The zero-order valence-corrected chi connectivity index (χ0v) is 7.79. The maximum Gasteiger partial charge on any atom is 0.115 e. The molecule has 3 nitrogen and oxygen atoms in total. The summed E-state index contributed by atoms with van der Waals surface area (Å²) in [4.78, 5) is 9.11. The van der Waals surface area contributed by atoms with E-state index in [2.05, 4.69) is 9.97 Å². The van der Waals surface area contributed by atoms with E-state index in [1.54, 1.807) is 23.7 Å². The van der Waals surface area contributed by atoms with Gasteiger partial charge in [0, 0.05) is 29.4 Å². The molecule has 0 amide bonds. The van der Waals surface area contributed by atoms with Gasteiger partial charge in [-0.3, -0.25) is 0 Å². The van der Waals surface area contributed by atoms with Gasteiger partial charge in [0.1, 0.15) is 6.33 Å². The Morgan fingerprint density at radius 2 is 2.08 bits per heavy atom. The fraction of sp³-hybridized carbons (Fsp3) is 0.111. The first-order valence-corrected chi connectivity index (χ1v) is 4.81. The lowest BCUT2D eigenvalue weighted by molar-refractivity contribution is 1.10. The van der Waals surface area contributed by atoms with Crippen LogP contribution in [0.5, 0.6) is 0 Å². The normalized spacial score (nSPS) is 10.2. The summed E-state index contributed by atoms with van der Waals surface area (Å²) in [7, 11) is 0. The molecule has 2 rings (SSSR count). The molecule has 2 heterocycles. The Balaban J connectivity index is 2.47. The van der Waals surface area contributed by atoms with Crippen molar-refractivity contribution in [3.8, 4) is 11.1 Å². The van der Waals surface area contributed by atoms with E-state index in [1.165, 1.54) is 11.2 Å². The fourth-order valence-corrected chi connectivity index (χ4v) is 1.97. The molecule has 0 saturated carbocycles. The van der Waals surface area contributed by atoms with Crippen molar-refractivity contribution in [2.24, 2.45) is 5.73 Å². The van der Waals surface area contributed by atoms with E-state index >= 15 is 0 Å². The smallest absolute Gasteiger partial charge is 0.115 e. The summed E-state index contributed by atoms with van der Waals surface area (Å²) < 4.78 is 0. The fourth-order valence-electron chi connectivity index (χ4n) is 1.19. The molecule has 0 bridgehead atoms. The number of aromatic nitrogens is 2. The van der Waals surface area contributed by atoms with Crippen LogP contribution in [0.25, 0.3) is 11.1 Å². The Morgan fingerprint density at radius 3 is 2.77 bits per heavy atom. The average Bonchev–Trinajstić information content (AvgIpc) is 2.67. The van der Waals surface area contributed by atoms with Crippen molar-refractivity contribution in [3.63, 3.8) is 0 Å². The third-order valence-corrected chi connectivity index (χ3v) is 2.75. The van der Waals surface area contributed by atoms with Crippen molar-refractivity contribution in [3.05, 3.63) is 35.0 Å². The average molecular weight is 191 g/mol. The highest BCUT2D eigenvalue weighted by Crippen LogP contribution is 2.26. The first-order chi connectivity index (χ1) is 6.42. The van der Waals surface area contributed by atoms with Crippen LogP contribution in [-0.2, 0) is 6.54 Å². The topological polar surface area (TPSA) is 51.8 Å². The first-order valence-electron chi connectivity index (χ1n) is 3.93. The lowest BCUT2D eigenvalue weighted by Crippen LogP contribution is -1.94. The molecule has 2 aromatic rings. The molecule has 2 N–H and O–H groups in total. The number of hydrogen-bond acceptors (Lipinski definition) is 4. The highest BCUT2D eigenvalue weighted by atomic mass is 32.1. The number of hydrogen-bond donors (Lipinski definition) is 1. The molecule has 13 heavy (non-hydrogen) atoms. The molecule has 0 atom stereocenters. The summed E-state index contributed by atoms with van der Waals surface area (Å²) in [6.45, 7) is 0.571. The van der Waals surface area contributed by atoms with Crippen LogP contribution in [0.3, 0.4) is 0 Å². The Morgan fingerprint density at radius 1 is 1.31 bits per heavy atom. The van der Waals surface area contributed by atoms with Crippen LogP contribution in [0, 0.1) is 0 Å². The Labute approximate surface area is 80.3 Å². The maximum atomic E-state index is 5.60. The number of nitrogens with two attached hydrogens (primary N) is 1. The van der Waals surface area contributed by atoms with Gasteiger partial charge in [0.2, 0.25) is 0 Å². The number of thiophene rings is 1. The van der Waals surface area contributed by atoms with Crippen LogP contribution < -0.4 is 5.73 Å². The minimum Gasteiger partial charge on any atom is -0.326 e. The van der Waals surface area contributed by atoms with Crippen molar-refractivity contribution in [1.29, 1.82) is 0 Å². The largest absolute Gasteiger partial charge is 0.326 e. The van der Waals surface area contributed by atoms with Gasteiger partial charge in [0.25, 0.3) is 0 Å². The van der Waals surface area contributed by atoms with Crippen LogP contribution in [0.15, 0.2) is 30.2 Å². The molecule has 0 unspecified atom stereocenters. The second-order valence-corrected chi connectivity index (χ2v) is 3.59. The summed E-state index contributed by atoms with van der Waals surface area (Å²) in [5.41, 5.74) is 7.78. The predicted octanol–water partition coefficient (Wildman–Crippen LogP) is 1.66. The summed E-state index contributed by atoms with van der Waals surface area (Å²) >= 11 is 1.66. The predicted molar refractivity (Wildman–Crippen MR) is 53.2 cm³/mol. The van der Waals surface area contributed by atoms with Gasteiger partial charge < -0.3 is 5.73 Å². The van der Waals surface area contributed by atoms with Gasteiger partial charge in [-0.2, -0.15) is 0 Å². The van der Waals surface area contributed by atoms with Crippen molar-refractivity contribution in [2.75, 3.05) is 0 Å². The molecule has 0 saturated heterocycles. The van der Waals surface area contributed by atoms with Gasteiger partial charge in [-0.25, -0.2) is 9.97 Å². The minimum absolute atomic E-state index is 0.571. The van der Waals surface area contributed by atoms with Crippen molar-refractivity contribution in [2.45, 2.75) is 6.54 Å². The van der Waals surface area contributed by atoms with Crippen molar-refractivity contribution in [1.82, 2.24) is 9.97 Å².